The van der Waals surface area contributed by atoms with Gasteiger partial charge < -0.3 is 10.2 Å². The molecular weight excluding hydrogens is 493 g/mol. The third-order valence-electron chi connectivity index (χ3n) is 7.45. The predicted molar refractivity (Wildman–Crippen MR) is 141 cm³/mol. The Kier molecular flexibility index (Phi) is 8.97. The molecule has 1 N–H and O–H groups in total. The number of hydrogen-bond acceptors (Lipinski definition) is 4. The summed E-state index contributed by atoms with van der Waals surface area (Å²) in [5.74, 6) is 0.504. The molecule has 2 aromatic rings. The summed E-state index contributed by atoms with van der Waals surface area (Å²) in [7, 11) is -3.29. The van der Waals surface area contributed by atoms with Gasteiger partial charge in [0, 0.05) is 31.7 Å². The van der Waals surface area contributed by atoms with E-state index in [9.17, 15) is 22.4 Å². The molecule has 2 amide bonds. The van der Waals surface area contributed by atoms with Gasteiger partial charge in [-0.25, -0.2) is 12.8 Å². The van der Waals surface area contributed by atoms with E-state index in [2.05, 4.69) is 5.32 Å². The molecule has 0 bridgehead atoms. The van der Waals surface area contributed by atoms with E-state index in [1.165, 1.54) is 28.3 Å². The SMILES string of the molecule is CS(=O)(=O)N1CCN(C(=O)[C@H](CCCCC[C@@H]2C[C@H]2c2ccc(F)cc2)NC(=O)c2ccccc2)CC1. The van der Waals surface area contributed by atoms with E-state index in [0.29, 0.717) is 36.9 Å². The lowest BCUT2D eigenvalue weighted by atomic mass is 10.0. The number of sulfonamides is 1. The Balaban J connectivity index is 1.27. The molecule has 1 heterocycles. The minimum absolute atomic E-state index is 0.156. The number of piperazine rings is 1. The molecule has 1 aliphatic carbocycles. The van der Waals surface area contributed by atoms with Gasteiger partial charge in [0.15, 0.2) is 0 Å². The smallest absolute Gasteiger partial charge is 0.251 e. The van der Waals surface area contributed by atoms with Crippen molar-refractivity contribution in [3.05, 3.63) is 71.5 Å². The quantitative estimate of drug-likeness (QED) is 0.449. The molecule has 0 unspecified atom stereocenters. The zero-order valence-corrected chi connectivity index (χ0v) is 22.1. The fourth-order valence-corrected chi connectivity index (χ4v) is 5.99. The topological polar surface area (TPSA) is 86.8 Å². The van der Waals surface area contributed by atoms with Crippen molar-refractivity contribution >= 4 is 21.8 Å². The van der Waals surface area contributed by atoms with Gasteiger partial charge in [0.05, 0.1) is 6.26 Å². The average molecular weight is 530 g/mol. The molecule has 2 aliphatic rings. The van der Waals surface area contributed by atoms with Gasteiger partial charge in [0.1, 0.15) is 11.9 Å². The van der Waals surface area contributed by atoms with E-state index >= 15 is 0 Å². The van der Waals surface area contributed by atoms with E-state index in [4.69, 9.17) is 0 Å². The standard InChI is InChI=1S/C28H36FN3O4S/c1-37(35,36)32-18-16-31(17-19-32)28(34)26(30-27(33)22-8-4-2-5-9-22)11-7-3-6-10-23-20-25(23)21-12-14-24(29)15-13-21/h2,4-5,8-9,12-15,23,25-26H,3,6-7,10-11,16-20H2,1H3,(H,30,33)/t23-,25+,26+/m1/s1. The lowest BCUT2D eigenvalue weighted by Gasteiger charge is -2.35. The fourth-order valence-electron chi connectivity index (χ4n) is 5.17. The average Bonchev–Trinajstić information content (AvgIpc) is 3.67. The second-order valence-corrected chi connectivity index (χ2v) is 12.2. The molecule has 200 valence electrons. The molecule has 7 nitrogen and oxygen atoms in total. The first-order valence-electron chi connectivity index (χ1n) is 13.1. The van der Waals surface area contributed by atoms with Gasteiger partial charge in [-0.15, -0.1) is 0 Å². The third kappa shape index (κ3) is 7.61. The van der Waals surface area contributed by atoms with Gasteiger partial charge in [-0.3, -0.25) is 9.59 Å². The van der Waals surface area contributed by atoms with Crippen molar-refractivity contribution in [3.63, 3.8) is 0 Å². The first-order chi connectivity index (χ1) is 17.7. The van der Waals surface area contributed by atoms with E-state index in [0.717, 1.165) is 32.1 Å². The number of benzene rings is 2. The number of unbranched alkanes of at least 4 members (excludes halogenated alkanes) is 2. The largest absolute Gasteiger partial charge is 0.340 e. The predicted octanol–water partition coefficient (Wildman–Crippen LogP) is 3.78. The van der Waals surface area contributed by atoms with Crippen molar-refractivity contribution in [2.75, 3.05) is 32.4 Å². The van der Waals surface area contributed by atoms with Crippen molar-refractivity contribution in [2.45, 2.75) is 50.5 Å². The maximum atomic E-state index is 13.3. The fraction of sp³-hybridized carbons (Fsp3) is 0.500. The van der Waals surface area contributed by atoms with Crippen LogP contribution in [0.1, 0.15) is 60.4 Å². The summed E-state index contributed by atoms with van der Waals surface area (Å²) < 4.78 is 38.2. The number of carbonyl (C=O) groups excluding carboxylic acids is 2. The molecular formula is C28H36FN3O4S. The zero-order chi connectivity index (χ0) is 26.4. The van der Waals surface area contributed by atoms with Crippen molar-refractivity contribution in [1.82, 2.24) is 14.5 Å². The van der Waals surface area contributed by atoms with Gasteiger partial charge in [0.2, 0.25) is 15.9 Å². The van der Waals surface area contributed by atoms with Crippen molar-refractivity contribution in [1.29, 1.82) is 0 Å². The molecule has 0 aromatic heterocycles. The van der Waals surface area contributed by atoms with Gasteiger partial charge in [-0.1, -0.05) is 49.6 Å². The summed E-state index contributed by atoms with van der Waals surface area (Å²) in [4.78, 5) is 27.8. The Morgan fingerprint density at radius 1 is 0.973 bits per heavy atom. The molecule has 2 aromatic carbocycles. The minimum Gasteiger partial charge on any atom is -0.340 e. The zero-order valence-electron chi connectivity index (χ0n) is 21.3. The second kappa shape index (κ2) is 12.2. The van der Waals surface area contributed by atoms with Crippen LogP contribution >= 0.6 is 0 Å². The highest BCUT2D eigenvalue weighted by atomic mass is 32.2. The first kappa shape index (κ1) is 27.3. The summed E-state index contributed by atoms with van der Waals surface area (Å²) in [5.41, 5.74) is 1.71. The highest BCUT2D eigenvalue weighted by Gasteiger charge is 2.37. The second-order valence-electron chi connectivity index (χ2n) is 10.2. The molecule has 4 rings (SSSR count). The van der Waals surface area contributed by atoms with Crippen LogP contribution in [-0.2, 0) is 14.8 Å². The van der Waals surface area contributed by atoms with Crippen LogP contribution in [0.4, 0.5) is 4.39 Å². The summed E-state index contributed by atoms with van der Waals surface area (Å²) in [6.07, 6.45) is 6.77. The molecule has 2 fully saturated rings. The highest BCUT2D eigenvalue weighted by molar-refractivity contribution is 7.88. The van der Waals surface area contributed by atoms with Gasteiger partial charge in [0.25, 0.3) is 5.91 Å². The summed E-state index contributed by atoms with van der Waals surface area (Å²) in [6, 6.07) is 15.0. The van der Waals surface area contributed by atoms with E-state index in [1.807, 2.05) is 18.2 Å². The van der Waals surface area contributed by atoms with Crippen LogP contribution in [0.5, 0.6) is 0 Å². The molecule has 37 heavy (non-hydrogen) atoms. The van der Waals surface area contributed by atoms with Crippen molar-refractivity contribution in [3.8, 4) is 0 Å². The molecule has 1 saturated heterocycles. The number of nitrogens with one attached hydrogen (secondary N) is 1. The monoisotopic (exact) mass is 529 g/mol. The number of halogens is 1. The Morgan fingerprint density at radius 3 is 2.30 bits per heavy atom. The molecule has 3 atom stereocenters. The molecule has 1 saturated carbocycles. The Bertz CT molecular complexity index is 1170. The summed E-state index contributed by atoms with van der Waals surface area (Å²) in [6.45, 7) is 1.16. The normalized spacial score (nSPS) is 20.9. The molecule has 9 heteroatoms. The lowest BCUT2D eigenvalue weighted by molar-refractivity contribution is -0.134. The van der Waals surface area contributed by atoms with Crippen LogP contribution in [0.3, 0.4) is 0 Å². The Labute approximate surface area is 219 Å². The number of hydrogen-bond donors (Lipinski definition) is 1. The number of nitrogens with zero attached hydrogens (tertiary/aromatic N) is 2. The minimum atomic E-state index is -3.29. The first-order valence-corrected chi connectivity index (χ1v) is 14.9. The maximum absolute atomic E-state index is 13.3. The lowest BCUT2D eigenvalue weighted by Crippen LogP contribution is -2.55. The summed E-state index contributed by atoms with van der Waals surface area (Å²) >= 11 is 0. The van der Waals surface area contributed by atoms with Crippen LogP contribution in [0.15, 0.2) is 54.6 Å². The molecule has 0 radical (unpaired) electrons. The van der Waals surface area contributed by atoms with Gasteiger partial charge in [-0.05, 0) is 60.9 Å². The number of rotatable bonds is 11. The van der Waals surface area contributed by atoms with Crippen LogP contribution < -0.4 is 5.32 Å². The molecule has 1 aliphatic heterocycles. The van der Waals surface area contributed by atoms with Crippen LogP contribution in [0, 0.1) is 11.7 Å². The summed E-state index contributed by atoms with van der Waals surface area (Å²) in [5, 5.41) is 2.92. The highest BCUT2D eigenvalue weighted by Crippen LogP contribution is 2.50. The molecule has 0 spiro atoms. The van der Waals surface area contributed by atoms with Crippen molar-refractivity contribution in [2.24, 2.45) is 5.92 Å². The van der Waals surface area contributed by atoms with Gasteiger partial charge >= 0.3 is 0 Å². The van der Waals surface area contributed by atoms with Crippen LogP contribution in [-0.4, -0.2) is 67.9 Å². The van der Waals surface area contributed by atoms with E-state index in [-0.39, 0.29) is 30.7 Å². The Morgan fingerprint density at radius 2 is 1.65 bits per heavy atom. The van der Waals surface area contributed by atoms with Crippen LogP contribution in [0.2, 0.25) is 0 Å². The van der Waals surface area contributed by atoms with E-state index < -0.39 is 16.1 Å². The van der Waals surface area contributed by atoms with Gasteiger partial charge in [-0.2, -0.15) is 4.31 Å². The van der Waals surface area contributed by atoms with Crippen LogP contribution in [0.25, 0.3) is 0 Å². The Hall–Kier alpha value is -2.78. The number of carbonyl (C=O) groups is 2. The van der Waals surface area contributed by atoms with Crippen molar-refractivity contribution < 1.29 is 22.4 Å². The maximum Gasteiger partial charge on any atom is 0.251 e. The number of amides is 2. The third-order valence-corrected chi connectivity index (χ3v) is 8.75. The van der Waals surface area contributed by atoms with E-state index in [1.54, 1.807) is 29.2 Å².